The fraction of sp³-hybridized carbons (Fsp3) is 0.818. The molecule has 2 N–H and O–H groups in total. The van der Waals surface area contributed by atoms with Crippen molar-refractivity contribution in [1.82, 2.24) is 10.6 Å². The van der Waals surface area contributed by atoms with E-state index in [4.69, 9.17) is 4.74 Å². The van der Waals surface area contributed by atoms with Crippen molar-refractivity contribution < 1.29 is 14.3 Å². The van der Waals surface area contributed by atoms with Crippen LogP contribution >= 0.6 is 0 Å². The van der Waals surface area contributed by atoms with Gasteiger partial charge in [0.05, 0.1) is 0 Å². The fourth-order valence-electron chi connectivity index (χ4n) is 1.72. The minimum atomic E-state index is -0.349. The van der Waals surface area contributed by atoms with Gasteiger partial charge in [0.15, 0.2) is 0 Å². The van der Waals surface area contributed by atoms with Crippen LogP contribution in [-0.2, 0) is 14.3 Å². The Morgan fingerprint density at radius 2 is 2.38 bits per heavy atom. The van der Waals surface area contributed by atoms with Gasteiger partial charge in [-0.3, -0.25) is 9.59 Å². The largest absolute Gasteiger partial charge is 0.385 e. The van der Waals surface area contributed by atoms with Crippen LogP contribution in [0.5, 0.6) is 0 Å². The molecule has 0 radical (unpaired) electrons. The first-order valence-corrected chi connectivity index (χ1v) is 5.80. The zero-order valence-corrected chi connectivity index (χ0v) is 9.75. The number of ether oxygens (including phenoxy) is 1. The maximum Gasteiger partial charge on any atom is 0.242 e. The molecule has 16 heavy (non-hydrogen) atoms. The molecular weight excluding hydrogens is 208 g/mol. The Hall–Kier alpha value is -1.10. The number of hydrogen-bond acceptors (Lipinski definition) is 3. The highest BCUT2D eigenvalue weighted by atomic mass is 16.5. The van der Waals surface area contributed by atoms with Crippen molar-refractivity contribution >= 4 is 11.8 Å². The van der Waals surface area contributed by atoms with E-state index in [2.05, 4.69) is 10.6 Å². The van der Waals surface area contributed by atoms with E-state index in [0.29, 0.717) is 19.6 Å². The summed E-state index contributed by atoms with van der Waals surface area (Å²) in [6.07, 6.45) is 3.87. The number of hydrogen-bond donors (Lipinski definition) is 2. The molecular formula is C11H20N2O3. The Labute approximate surface area is 95.9 Å². The maximum absolute atomic E-state index is 11.7. The molecule has 1 heterocycles. The van der Waals surface area contributed by atoms with Crippen LogP contribution in [0.15, 0.2) is 0 Å². The Morgan fingerprint density at radius 3 is 3.12 bits per heavy atom. The monoisotopic (exact) mass is 228 g/mol. The van der Waals surface area contributed by atoms with E-state index in [0.717, 1.165) is 25.7 Å². The van der Waals surface area contributed by atoms with Gasteiger partial charge in [-0.25, -0.2) is 0 Å². The number of nitrogens with one attached hydrogen (secondary N) is 2. The summed E-state index contributed by atoms with van der Waals surface area (Å²) in [6.45, 7) is 1.23. The lowest BCUT2D eigenvalue weighted by atomic mass is 10.1. The van der Waals surface area contributed by atoms with Crippen LogP contribution in [-0.4, -0.2) is 38.1 Å². The van der Waals surface area contributed by atoms with Gasteiger partial charge in [0.2, 0.25) is 11.8 Å². The van der Waals surface area contributed by atoms with Crippen molar-refractivity contribution in [1.29, 1.82) is 0 Å². The molecule has 5 nitrogen and oxygen atoms in total. The van der Waals surface area contributed by atoms with E-state index in [9.17, 15) is 9.59 Å². The number of carbonyl (C=O) groups excluding carboxylic acids is 2. The Morgan fingerprint density at radius 1 is 1.56 bits per heavy atom. The fourth-order valence-corrected chi connectivity index (χ4v) is 1.72. The number of amides is 2. The van der Waals surface area contributed by atoms with Crippen LogP contribution in [0.1, 0.15) is 32.1 Å². The lowest BCUT2D eigenvalue weighted by Gasteiger charge is -2.15. The zero-order chi connectivity index (χ0) is 11.8. The predicted octanol–water partition coefficient (Wildman–Crippen LogP) is 0.198. The SMILES string of the molecule is COCCCNC(=O)C1CCCCC(=O)N1. The molecule has 0 aromatic carbocycles. The van der Waals surface area contributed by atoms with Crippen LogP contribution in [0, 0.1) is 0 Å². The molecule has 1 rings (SSSR count). The van der Waals surface area contributed by atoms with Gasteiger partial charge < -0.3 is 15.4 Å². The summed E-state index contributed by atoms with van der Waals surface area (Å²) in [5.41, 5.74) is 0. The normalized spacial score (nSPS) is 21.1. The van der Waals surface area contributed by atoms with Gasteiger partial charge in [-0.2, -0.15) is 0 Å². The van der Waals surface area contributed by atoms with Crippen molar-refractivity contribution in [2.45, 2.75) is 38.1 Å². The zero-order valence-electron chi connectivity index (χ0n) is 9.75. The molecule has 1 fully saturated rings. The first kappa shape index (κ1) is 13.0. The van der Waals surface area contributed by atoms with Gasteiger partial charge in [-0.05, 0) is 19.3 Å². The quantitative estimate of drug-likeness (QED) is 0.660. The molecule has 5 heteroatoms. The van der Waals surface area contributed by atoms with Crippen molar-refractivity contribution in [2.24, 2.45) is 0 Å². The molecule has 1 unspecified atom stereocenters. The minimum Gasteiger partial charge on any atom is -0.385 e. The second-order valence-electron chi connectivity index (χ2n) is 4.00. The highest BCUT2D eigenvalue weighted by molar-refractivity contribution is 5.87. The molecule has 1 saturated heterocycles. The van der Waals surface area contributed by atoms with Crippen molar-refractivity contribution in [3.05, 3.63) is 0 Å². The summed E-state index contributed by atoms with van der Waals surface area (Å²) < 4.78 is 4.89. The standard InChI is InChI=1S/C11H20N2O3/c1-16-8-4-7-12-11(15)9-5-2-3-6-10(14)13-9/h9H,2-8H2,1H3,(H,12,15)(H,13,14). The van der Waals surface area contributed by atoms with E-state index >= 15 is 0 Å². The van der Waals surface area contributed by atoms with Gasteiger partial charge in [0.1, 0.15) is 6.04 Å². The molecule has 0 saturated carbocycles. The average Bonchev–Trinajstić information content (AvgIpc) is 2.49. The Bertz CT molecular complexity index is 243. The Balaban J connectivity index is 2.25. The van der Waals surface area contributed by atoms with Crippen LogP contribution < -0.4 is 10.6 Å². The van der Waals surface area contributed by atoms with E-state index < -0.39 is 0 Å². The molecule has 0 aliphatic carbocycles. The van der Waals surface area contributed by atoms with Gasteiger partial charge in [-0.15, -0.1) is 0 Å². The molecule has 0 aromatic heterocycles. The lowest BCUT2D eigenvalue weighted by Crippen LogP contribution is -2.46. The molecule has 1 aliphatic rings. The summed E-state index contributed by atoms with van der Waals surface area (Å²) in [5.74, 6) is -0.0964. The molecule has 0 bridgehead atoms. The first-order valence-electron chi connectivity index (χ1n) is 5.80. The summed E-state index contributed by atoms with van der Waals surface area (Å²) in [5, 5.41) is 5.54. The smallest absolute Gasteiger partial charge is 0.242 e. The summed E-state index contributed by atoms with van der Waals surface area (Å²) in [4.78, 5) is 23.0. The second kappa shape index (κ2) is 7.22. The van der Waals surface area contributed by atoms with Crippen LogP contribution in [0.4, 0.5) is 0 Å². The van der Waals surface area contributed by atoms with Crippen molar-refractivity contribution in [2.75, 3.05) is 20.3 Å². The Kier molecular flexibility index (Phi) is 5.85. The summed E-state index contributed by atoms with van der Waals surface area (Å²) in [7, 11) is 1.63. The molecule has 1 atom stereocenters. The van der Waals surface area contributed by atoms with Gasteiger partial charge in [0, 0.05) is 26.7 Å². The van der Waals surface area contributed by atoms with Gasteiger partial charge >= 0.3 is 0 Å². The van der Waals surface area contributed by atoms with Crippen molar-refractivity contribution in [3.63, 3.8) is 0 Å². The van der Waals surface area contributed by atoms with Crippen LogP contribution in [0.3, 0.4) is 0 Å². The van der Waals surface area contributed by atoms with Gasteiger partial charge in [-0.1, -0.05) is 6.42 Å². The summed E-state index contributed by atoms with van der Waals surface area (Å²) >= 11 is 0. The molecule has 92 valence electrons. The maximum atomic E-state index is 11.7. The highest BCUT2D eigenvalue weighted by Gasteiger charge is 2.22. The minimum absolute atomic E-state index is 0.0189. The topological polar surface area (TPSA) is 67.4 Å². The first-order chi connectivity index (χ1) is 7.74. The van der Waals surface area contributed by atoms with Crippen molar-refractivity contribution in [3.8, 4) is 0 Å². The molecule has 0 spiro atoms. The van der Waals surface area contributed by atoms with Gasteiger partial charge in [0.25, 0.3) is 0 Å². The summed E-state index contributed by atoms with van der Waals surface area (Å²) in [6, 6.07) is -0.349. The number of rotatable bonds is 5. The highest BCUT2D eigenvalue weighted by Crippen LogP contribution is 2.09. The molecule has 1 aliphatic heterocycles. The average molecular weight is 228 g/mol. The van der Waals surface area contributed by atoms with E-state index in [1.165, 1.54) is 0 Å². The third kappa shape index (κ3) is 4.61. The molecule has 0 aromatic rings. The third-order valence-electron chi connectivity index (χ3n) is 2.62. The van der Waals surface area contributed by atoms with Crippen LogP contribution in [0.25, 0.3) is 0 Å². The van der Waals surface area contributed by atoms with E-state index in [1.807, 2.05) is 0 Å². The van der Waals surface area contributed by atoms with E-state index in [1.54, 1.807) is 7.11 Å². The number of methoxy groups -OCH3 is 1. The molecule has 2 amide bonds. The second-order valence-corrected chi connectivity index (χ2v) is 4.00. The lowest BCUT2D eigenvalue weighted by molar-refractivity contribution is -0.128. The predicted molar refractivity (Wildman–Crippen MR) is 59.9 cm³/mol. The van der Waals surface area contributed by atoms with Crippen LogP contribution in [0.2, 0.25) is 0 Å². The van der Waals surface area contributed by atoms with E-state index in [-0.39, 0.29) is 17.9 Å². The third-order valence-corrected chi connectivity index (χ3v) is 2.62. The number of carbonyl (C=O) groups is 2.